The summed E-state index contributed by atoms with van der Waals surface area (Å²) in [4.78, 5) is 11.3. The molecule has 4 unspecified atom stereocenters. The van der Waals surface area contributed by atoms with E-state index in [1.54, 1.807) is 6.92 Å². The minimum atomic E-state index is 0.0839. The van der Waals surface area contributed by atoms with Gasteiger partial charge in [0.25, 0.3) is 0 Å². The molecule has 2 N–H and O–H groups in total. The summed E-state index contributed by atoms with van der Waals surface area (Å²) in [5.74, 6) is 0.539. The van der Waals surface area contributed by atoms with Gasteiger partial charge in [0.1, 0.15) is 0 Å². The maximum atomic E-state index is 11.3. The van der Waals surface area contributed by atoms with Crippen LogP contribution in [-0.2, 0) is 4.79 Å². The van der Waals surface area contributed by atoms with Crippen molar-refractivity contribution in [3.05, 3.63) is 0 Å². The molecular formula is C14H28N2O. The average molecular weight is 240 g/mol. The zero-order chi connectivity index (χ0) is 13.3. The smallest absolute Gasteiger partial charge is 0.217 e. The van der Waals surface area contributed by atoms with Gasteiger partial charge in [0.15, 0.2) is 0 Å². The summed E-state index contributed by atoms with van der Waals surface area (Å²) in [6, 6.07) is 0.281. The predicted molar refractivity (Wildman–Crippen MR) is 71.9 cm³/mol. The van der Waals surface area contributed by atoms with E-state index in [0.29, 0.717) is 5.92 Å². The Morgan fingerprint density at radius 2 is 1.94 bits per heavy atom. The zero-order valence-electron chi connectivity index (χ0n) is 12.2. The standard InChI is InChI=1S/C14H28N2O/c1-7-13(5)9-12(15-11(4)17)10(3)14(6,8-2)16-13/h10,12,16H,7-9H2,1-6H3,(H,15,17). The van der Waals surface area contributed by atoms with Crippen LogP contribution < -0.4 is 10.6 Å². The summed E-state index contributed by atoms with van der Waals surface area (Å²) in [6.45, 7) is 12.8. The quantitative estimate of drug-likeness (QED) is 0.795. The molecule has 1 aliphatic heterocycles. The second-order valence-electron chi connectivity index (χ2n) is 6.11. The second kappa shape index (κ2) is 4.97. The Bertz CT molecular complexity index is 292. The first-order valence-corrected chi connectivity index (χ1v) is 6.83. The van der Waals surface area contributed by atoms with Crippen LogP contribution in [0.5, 0.6) is 0 Å². The van der Waals surface area contributed by atoms with Gasteiger partial charge < -0.3 is 10.6 Å². The molecule has 1 fully saturated rings. The Morgan fingerprint density at radius 3 is 2.35 bits per heavy atom. The predicted octanol–water partition coefficient (Wildman–Crippen LogP) is 2.46. The molecule has 0 saturated carbocycles. The highest BCUT2D eigenvalue weighted by Gasteiger charge is 2.46. The maximum absolute atomic E-state index is 11.3. The summed E-state index contributed by atoms with van der Waals surface area (Å²) in [6.07, 6.45) is 3.19. The highest BCUT2D eigenvalue weighted by molar-refractivity contribution is 5.73. The lowest BCUT2D eigenvalue weighted by atomic mass is 9.69. The van der Waals surface area contributed by atoms with E-state index in [9.17, 15) is 4.79 Å². The largest absolute Gasteiger partial charge is 0.353 e. The molecule has 0 spiro atoms. The molecule has 0 radical (unpaired) electrons. The van der Waals surface area contributed by atoms with Crippen LogP contribution in [-0.4, -0.2) is 23.0 Å². The summed E-state index contributed by atoms with van der Waals surface area (Å²) < 4.78 is 0. The minimum absolute atomic E-state index is 0.0839. The van der Waals surface area contributed by atoms with Crippen molar-refractivity contribution in [3.8, 4) is 0 Å². The van der Waals surface area contributed by atoms with Crippen molar-refractivity contribution < 1.29 is 4.79 Å². The van der Waals surface area contributed by atoms with E-state index >= 15 is 0 Å². The highest BCUT2D eigenvalue weighted by atomic mass is 16.1. The minimum Gasteiger partial charge on any atom is -0.353 e. The first kappa shape index (κ1) is 14.5. The lowest BCUT2D eigenvalue weighted by Crippen LogP contribution is -2.68. The molecule has 3 heteroatoms. The van der Waals surface area contributed by atoms with Crippen molar-refractivity contribution in [2.75, 3.05) is 0 Å². The molecule has 3 nitrogen and oxygen atoms in total. The zero-order valence-corrected chi connectivity index (χ0v) is 12.2. The Balaban J connectivity index is 2.94. The van der Waals surface area contributed by atoms with Crippen LogP contribution >= 0.6 is 0 Å². The van der Waals surface area contributed by atoms with E-state index in [-0.39, 0.29) is 23.0 Å². The van der Waals surface area contributed by atoms with Crippen LogP contribution in [0.2, 0.25) is 0 Å². The van der Waals surface area contributed by atoms with Gasteiger partial charge in [-0.1, -0.05) is 20.8 Å². The monoisotopic (exact) mass is 240 g/mol. The van der Waals surface area contributed by atoms with E-state index in [1.807, 2.05) is 0 Å². The third-order valence-electron chi connectivity index (χ3n) is 4.77. The molecule has 0 aliphatic carbocycles. The fourth-order valence-electron chi connectivity index (χ4n) is 3.04. The van der Waals surface area contributed by atoms with Crippen LogP contribution in [0.25, 0.3) is 0 Å². The lowest BCUT2D eigenvalue weighted by Gasteiger charge is -2.53. The molecule has 1 heterocycles. The molecule has 17 heavy (non-hydrogen) atoms. The first-order chi connectivity index (χ1) is 7.76. The molecule has 0 aromatic carbocycles. The molecule has 100 valence electrons. The molecule has 1 amide bonds. The van der Waals surface area contributed by atoms with Crippen LogP contribution in [0.1, 0.15) is 60.8 Å². The number of amides is 1. The molecular weight excluding hydrogens is 212 g/mol. The van der Waals surface area contributed by atoms with Crippen LogP contribution in [0.4, 0.5) is 0 Å². The summed E-state index contributed by atoms with van der Waals surface area (Å²) in [7, 11) is 0. The topological polar surface area (TPSA) is 41.1 Å². The molecule has 0 bridgehead atoms. The molecule has 0 aromatic heterocycles. The van der Waals surface area contributed by atoms with Crippen molar-refractivity contribution in [3.63, 3.8) is 0 Å². The van der Waals surface area contributed by atoms with Crippen molar-refractivity contribution in [2.45, 2.75) is 77.9 Å². The number of hydrogen-bond donors (Lipinski definition) is 2. The molecule has 1 aliphatic rings. The van der Waals surface area contributed by atoms with Gasteiger partial charge in [-0.3, -0.25) is 4.79 Å². The van der Waals surface area contributed by atoms with Crippen molar-refractivity contribution in [1.29, 1.82) is 0 Å². The lowest BCUT2D eigenvalue weighted by molar-refractivity contribution is -0.121. The summed E-state index contributed by atoms with van der Waals surface area (Å²) in [5, 5.41) is 6.94. The number of hydrogen-bond acceptors (Lipinski definition) is 2. The van der Waals surface area contributed by atoms with Gasteiger partial charge in [-0.25, -0.2) is 0 Å². The van der Waals surface area contributed by atoms with Crippen molar-refractivity contribution in [2.24, 2.45) is 5.92 Å². The first-order valence-electron chi connectivity index (χ1n) is 6.83. The Hall–Kier alpha value is -0.570. The third kappa shape index (κ3) is 3.01. The number of nitrogens with one attached hydrogen (secondary N) is 2. The highest BCUT2D eigenvalue weighted by Crippen LogP contribution is 2.37. The summed E-state index contributed by atoms with van der Waals surface area (Å²) >= 11 is 0. The Morgan fingerprint density at radius 1 is 1.35 bits per heavy atom. The Labute approximate surface area is 106 Å². The average Bonchev–Trinajstić information content (AvgIpc) is 2.25. The number of rotatable bonds is 3. The normalized spacial score (nSPS) is 42.2. The molecule has 1 rings (SSSR count). The van der Waals surface area contributed by atoms with Gasteiger partial charge in [0.05, 0.1) is 0 Å². The fraction of sp³-hybridized carbons (Fsp3) is 0.929. The van der Waals surface area contributed by atoms with E-state index in [4.69, 9.17) is 0 Å². The van der Waals surface area contributed by atoms with E-state index in [2.05, 4.69) is 45.3 Å². The number of piperidine rings is 1. The van der Waals surface area contributed by atoms with Gasteiger partial charge in [0, 0.05) is 24.0 Å². The van der Waals surface area contributed by atoms with Crippen LogP contribution in [0.15, 0.2) is 0 Å². The number of carbonyl (C=O) groups is 1. The van der Waals surface area contributed by atoms with E-state index < -0.39 is 0 Å². The molecule has 0 aromatic rings. The van der Waals surface area contributed by atoms with Gasteiger partial charge in [-0.2, -0.15) is 0 Å². The summed E-state index contributed by atoms with van der Waals surface area (Å²) in [5.41, 5.74) is 0.237. The SMILES string of the molecule is CCC1(C)CC(NC(C)=O)C(C)C(C)(CC)N1. The molecule has 1 saturated heterocycles. The van der Waals surface area contributed by atoms with E-state index in [0.717, 1.165) is 19.3 Å². The fourth-order valence-corrected chi connectivity index (χ4v) is 3.04. The maximum Gasteiger partial charge on any atom is 0.217 e. The van der Waals surface area contributed by atoms with E-state index in [1.165, 1.54) is 0 Å². The van der Waals surface area contributed by atoms with Crippen LogP contribution in [0.3, 0.4) is 0 Å². The van der Waals surface area contributed by atoms with Crippen LogP contribution in [0, 0.1) is 5.92 Å². The number of carbonyl (C=O) groups excluding carboxylic acids is 1. The van der Waals surface area contributed by atoms with Gasteiger partial charge in [-0.15, -0.1) is 0 Å². The third-order valence-corrected chi connectivity index (χ3v) is 4.77. The van der Waals surface area contributed by atoms with Gasteiger partial charge >= 0.3 is 0 Å². The Kier molecular flexibility index (Phi) is 4.23. The second-order valence-corrected chi connectivity index (χ2v) is 6.11. The van der Waals surface area contributed by atoms with Crippen molar-refractivity contribution in [1.82, 2.24) is 10.6 Å². The van der Waals surface area contributed by atoms with Crippen molar-refractivity contribution >= 4 is 5.91 Å². The van der Waals surface area contributed by atoms with Gasteiger partial charge in [-0.05, 0) is 39.0 Å². The van der Waals surface area contributed by atoms with Gasteiger partial charge in [0.2, 0.25) is 5.91 Å². The molecule has 4 atom stereocenters.